The highest BCUT2D eigenvalue weighted by molar-refractivity contribution is 8.14. The second-order valence-electron chi connectivity index (χ2n) is 1.02. The third-order valence-corrected chi connectivity index (χ3v) is 1.55. The number of thiol groups is 3. The summed E-state index contributed by atoms with van der Waals surface area (Å²) in [6.07, 6.45) is 0. The van der Waals surface area contributed by atoms with Crippen LogP contribution in [0.2, 0.25) is 5.62 Å². The van der Waals surface area contributed by atoms with Crippen molar-refractivity contribution in [2.45, 2.75) is 5.62 Å². The molecule has 0 N–H and O–H groups in total. The Morgan fingerprint density at radius 3 is 1.14 bits per heavy atom. The first-order valence-corrected chi connectivity index (χ1v) is 3.32. The molecule has 0 atom stereocenters. The van der Waals surface area contributed by atoms with Crippen LogP contribution in [0.25, 0.3) is 0 Å². The predicted molar refractivity (Wildman–Crippen MR) is 48.0 cm³/mol. The SMILES string of the molecule is S[B]C([B]S)[B]S. The zero-order valence-electron chi connectivity index (χ0n) is 3.65. The fourth-order valence-corrected chi connectivity index (χ4v) is 1.04. The second-order valence-corrected chi connectivity index (χ2v) is 1.92. The van der Waals surface area contributed by atoms with Crippen molar-refractivity contribution >= 4 is 57.1 Å². The molecule has 0 aromatic rings. The van der Waals surface area contributed by atoms with Crippen LogP contribution in [-0.2, 0) is 0 Å². The summed E-state index contributed by atoms with van der Waals surface area (Å²) in [5, 5.41) is 0. The smallest absolute Gasteiger partial charge is 0.175 e. The molecule has 0 rings (SSSR count). The molecule has 3 radical (unpaired) electrons. The first kappa shape index (κ1) is 8.24. The molecule has 0 aliphatic heterocycles. The molecule has 0 aliphatic carbocycles. The lowest BCUT2D eigenvalue weighted by atomic mass is 9.55. The molecular weight excluding hydrogens is 141 g/mol. The van der Waals surface area contributed by atoms with E-state index in [0.717, 1.165) is 0 Å². The zero-order valence-corrected chi connectivity index (χ0v) is 6.33. The average molecular weight is 145 g/mol. The molecule has 35 valence electrons. The Morgan fingerprint density at radius 2 is 1.14 bits per heavy atom. The van der Waals surface area contributed by atoms with Crippen molar-refractivity contribution in [1.29, 1.82) is 0 Å². The maximum absolute atomic E-state index is 3.89. The summed E-state index contributed by atoms with van der Waals surface area (Å²) in [5.41, 5.74) is 0.204. The van der Waals surface area contributed by atoms with Crippen LogP contribution < -0.4 is 0 Å². The van der Waals surface area contributed by atoms with Gasteiger partial charge in [0.2, 0.25) is 0 Å². The summed E-state index contributed by atoms with van der Waals surface area (Å²) in [7, 11) is 0. The lowest BCUT2D eigenvalue weighted by Crippen LogP contribution is -2.06. The van der Waals surface area contributed by atoms with Gasteiger partial charge in [-0.15, -0.1) is 0 Å². The van der Waals surface area contributed by atoms with Crippen molar-refractivity contribution in [3.05, 3.63) is 0 Å². The molecule has 0 heterocycles. The van der Waals surface area contributed by atoms with E-state index in [4.69, 9.17) is 0 Å². The Bertz CT molecular complexity index is 31.7. The van der Waals surface area contributed by atoms with Crippen LogP contribution in [0.4, 0.5) is 0 Å². The summed E-state index contributed by atoms with van der Waals surface area (Å²) in [6, 6.07) is 0. The third kappa shape index (κ3) is 3.80. The van der Waals surface area contributed by atoms with E-state index in [1.165, 1.54) is 0 Å². The molecule has 0 aliphatic rings. The summed E-state index contributed by atoms with van der Waals surface area (Å²) in [6.45, 7) is 5.12. The molecule has 0 spiro atoms. The second kappa shape index (κ2) is 5.38. The molecule has 6 heteroatoms. The van der Waals surface area contributed by atoms with E-state index >= 15 is 0 Å². The van der Waals surface area contributed by atoms with Crippen LogP contribution in [0.1, 0.15) is 0 Å². The van der Waals surface area contributed by atoms with Gasteiger partial charge in [-0.05, 0) is 0 Å². The first-order valence-electron chi connectivity index (χ1n) is 1.77. The van der Waals surface area contributed by atoms with E-state index in [1.807, 2.05) is 0 Å². The van der Waals surface area contributed by atoms with Crippen molar-refractivity contribution in [3.63, 3.8) is 0 Å². The van der Waals surface area contributed by atoms with Gasteiger partial charge in [0, 0.05) is 0 Å². The Balaban J connectivity index is 2.99. The molecule has 0 unspecified atom stereocenters. The van der Waals surface area contributed by atoms with Gasteiger partial charge >= 0.3 is 0 Å². The maximum atomic E-state index is 3.89. The molecule has 0 bridgehead atoms. The minimum absolute atomic E-state index is 0.204. The zero-order chi connectivity index (χ0) is 5.70. The molecule has 0 saturated carbocycles. The van der Waals surface area contributed by atoms with Gasteiger partial charge in [-0.1, -0.05) is 5.62 Å². The Hall–Kier alpha value is 1.24. The molecule has 0 aromatic carbocycles. The van der Waals surface area contributed by atoms with E-state index in [-0.39, 0.29) is 5.62 Å². The Kier molecular flexibility index (Phi) is 6.34. The Morgan fingerprint density at radius 1 is 0.857 bits per heavy atom. The van der Waals surface area contributed by atoms with Crippen LogP contribution >= 0.6 is 37.4 Å². The molecule has 0 nitrogen and oxygen atoms in total. The van der Waals surface area contributed by atoms with Gasteiger partial charge < -0.3 is 0 Å². The topological polar surface area (TPSA) is 0 Å². The lowest BCUT2D eigenvalue weighted by Gasteiger charge is -1.98. The Labute approximate surface area is 62.9 Å². The normalized spacial score (nSPS) is 8.57. The van der Waals surface area contributed by atoms with E-state index < -0.39 is 0 Å². The highest BCUT2D eigenvalue weighted by atomic mass is 32.1. The van der Waals surface area contributed by atoms with Gasteiger partial charge in [0.1, 0.15) is 0 Å². The molecule has 0 saturated heterocycles. The molecule has 7 heavy (non-hydrogen) atoms. The van der Waals surface area contributed by atoms with Crippen molar-refractivity contribution in [1.82, 2.24) is 0 Å². The monoisotopic (exact) mass is 145 g/mol. The van der Waals surface area contributed by atoms with E-state index in [1.54, 1.807) is 19.7 Å². The minimum Gasteiger partial charge on any atom is -0.236 e. The van der Waals surface area contributed by atoms with Crippen molar-refractivity contribution in [2.75, 3.05) is 0 Å². The van der Waals surface area contributed by atoms with Gasteiger partial charge in [0.05, 0.1) is 0 Å². The number of hydrogen-bond donors (Lipinski definition) is 3. The largest absolute Gasteiger partial charge is 0.236 e. The van der Waals surface area contributed by atoms with Crippen LogP contribution in [-0.4, -0.2) is 19.7 Å². The van der Waals surface area contributed by atoms with Gasteiger partial charge in [0.25, 0.3) is 0 Å². The van der Waals surface area contributed by atoms with Crippen LogP contribution in [0.15, 0.2) is 0 Å². The van der Waals surface area contributed by atoms with Gasteiger partial charge in [-0.3, -0.25) is 0 Å². The van der Waals surface area contributed by atoms with Crippen molar-refractivity contribution in [3.8, 4) is 0 Å². The molecule has 0 amide bonds. The minimum atomic E-state index is 0.204. The number of hydrogen-bond acceptors (Lipinski definition) is 3. The molecule has 0 aromatic heterocycles. The van der Waals surface area contributed by atoms with Crippen molar-refractivity contribution in [2.24, 2.45) is 0 Å². The summed E-state index contributed by atoms with van der Waals surface area (Å²) in [4.78, 5) is 0. The highest BCUT2D eigenvalue weighted by Gasteiger charge is 2.03. The summed E-state index contributed by atoms with van der Waals surface area (Å²) < 4.78 is 0. The fraction of sp³-hybridized carbons (Fsp3) is 1.00. The van der Waals surface area contributed by atoms with Gasteiger partial charge in [0.15, 0.2) is 19.7 Å². The average Bonchev–Trinajstić information content (AvgIpc) is 1.72. The summed E-state index contributed by atoms with van der Waals surface area (Å²) in [5.74, 6) is 0. The lowest BCUT2D eigenvalue weighted by molar-refractivity contribution is 1.88. The first-order chi connectivity index (χ1) is 3.35. The van der Waals surface area contributed by atoms with E-state index in [0.29, 0.717) is 0 Å². The van der Waals surface area contributed by atoms with Crippen molar-refractivity contribution < 1.29 is 0 Å². The summed E-state index contributed by atoms with van der Waals surface area (Å²) >= 11 is 11.7. The fourth-order valence-electron chi connectivity index (χ4n) is 0.115. The van der Waals surface area contributed by atoms with Crippen LogP contribution in [0, 0.1) is 0 Å². The van der Waals surface area contributed by atoms with E-state index in [9.17, 15) is 0 Å². The predicted octanol–water partition coefficient (Wildman–Crippen LogP) is 0.337. The van der Waals surface area contributed by atoms with E-state index in [2.05, 4.69) is 37.4 Å². The standard InChI is InChI=1S/CH4B3S3/c5-2-1(3-6)4-7/h1,5-7H. The van der Waals surface area contributed by atoms with Gasteiger partial charge in [-0.25, -0.2) is 37.4 Å². The molecule has 0 fully saturated rings. The third-order valence-electron chi connectivity index (χ3n) is 0.516. The highest BCUT2D eigenvalue weighted by Crippen LogP contribution is 2.02. The van der Waals surface area contributed by atoms with Gasteiger partial charge in [-0.2, -0.15) is 0 Å². The quantitative estimate of drug-likeness (QED) is 0.369. The number of rotatable bonds is 3. The molecular formula is CH4B3S3. The maximum Gasteiger partial charge on any atom is 0.175 e. The van der Waals surface area contributed by atoms with Crippen LogP contribution in [0.3, 0.4) is 0 Å². The van der Waals surface area contributed by atoms with Crippen LogP contribution in [0.5, 0.6) is 0 Å².